The Labute approximate surface area is 297 Å². The van der Waals surface area contributed by atoms with E-state index in [-0.39, 0.29) is 71.3 Å². The van der Waals surface area contributed by atoms with Crippen molar-refractivity contribution < 1.29 is 63.3 Å². The zero-order chi connectivity index (χ0) is 38.9. The van der Waals surface area contributed by atoms with E-state index in [0.29, 0.717) is 0 Å². The average molecular weight is 766 g/mol. The Hall–Kier alpha value is -4.12. The average Bonchev–Trinajstić information content (AvgIpc) is 3.07. The Balaban J connectivity index is 1.50. The predicted octanol–water partition coefficient (Wildman–Crippen LogP) is 7.79. The molecule has 0 unspecified atom stereocenters. The molecule has 2 aliphatic rings. The Morgan fingerprint density at radius 1 is 0.868 bits per heavy atom. The molecule has 2 N–H and O–H groups in total. The number of nitrogens with zero attached hydrogens (tertiary/aromatic N) is 2. The SMILES string of the molecule is COc1ccc(CN2CCC(F)CC2)c(C(F)(F)F)c1-c1cccc2c(C[C@H](NC(=O)C3(C(F)(F)F)CCN(CC(F)(F)F)CC3)C(=O)O)cccc12. The third kappa shape index (κ3) is 8.82. The summed E-state index contributed by atoms with van der Waals surface area (Å²) in [4.78, 5) is 28.1. The van der Waals surface area contributed by atoms with Gasteiger partial charge in [-0.3, -0.25) is 14.6 Å². The largest absolute Gasteiger partial charge is 0.496 e. The number of alkyl halides is 10. The van der Waals surface area contributed by atoms with Gasteiger partial charge in [0.25, 0.3) is 0 Å². The number of hydrogen-bond donors (Lipinski definition) is 2. The van der Waals surface area contributed by atoms with Gasteiger partial charge in [-0.15, -0.1) is 0 Å². The molecule has 3 aromatic carbocycles. The highest BCUT2D eigenvalue weighted by molar-refractivity contribution is 6.01. The molecular weight excluding hydrogens is 728 g/mol. The molecule has 0 spiro atoms. The lowest BCUT2D eigenvalue weighted by Crippen LogP contribution is -2.59. The number of aliphatic carboxylic acids is 1. The summed E-state index contributed by atoms with van der Waals surface area (Å²) in [7, 11) is 1.20. The quantitative estimate of drug-likeness (QED) is 0.205. The molecule has 0 radical (unpaired) electrons. The molecule has 7 nitrogen and oxygen atoms in total. The number of carboxylic acids is 1. The van der Waals surface area contributed by atoms with E-state index < -0.39 is 92.5 Å². The number of nitrogens with one attached hydrogen (secondary N) is 1. The highest BCUT2D eigenvalue weighted by Gasteiger charge is 2.61. The molecule has 1 atom stereocenters. The molecule has 2 saturated heterocycles. The van der Waals surface area contributed by atoms with Crippen LogP contribution in [0.25, 0.3) is 21.9 Å². The lowest BCUT2D eigenvalue weighted by atomic mass is 9.76. The Morgan fingerprint density at radius 2 is 1.49 bits per heavy atom. The van der Waals surface area contributed by atoms with Gasteiger partial charge >= 0.3 is 24.5 Å². The second-order valence-corrected chi connectivity index (χ2v) is 13.5. The number of carbonyl (C=O) groups excluding carboxylic acids is 1. The van der Waals surface area contributed by atoms with E-state index in [2.05, 4.69) is 0 Å². The minimum Gasteiger partial charge on any atom is -0.496 e. The van der Waals surface area contributed by atoms with Crippen LogP contribution in [0.4, 0.5) is 43.9 Å². The van der Waals surface area contributed by atoms with Crippen molar-refractivity contribution in [1.82, 2.24) is 15.1 Å². The zero-order valence-electron chi connectivity index (χ0n) is 28.4. The van der Waals surface area contributed by atoms with Crippen LogP contribution in [0.3, 0.4) is 0 Å². The maximum Gasteiger partial charge on any atom is 0.417 e. The number of rotatable bonds is 10. The minimum atomic E-state index is -5.22. The first-order valence-corrected chi connectivity index (χ1v) is 16.8. The summed E-state index contributed by atoms with van der Waals surface area (Å²) in [6.45, 7) is -2.48. The Bertz CT molecular complexity index is 1790. The van der Waals surface area contributed by atoms with E-state index in [0.717, 1.165) is 4.90 Å². The molecule has 1 amide bonds. The van der Waals surface area contributed by atoms with E-state index in [1.54, 1.807) is 4.90 Å². The van der Waals surface area contributed by atoms with E-state index in [9.17, 15) is 58.6 Å². The maximum atomic E-state index is 15.0. The van der Waals surface area contributed by atoms with Crippen molar-refractivity contribution in [2.75, 3.05) is 39.8 Å². The highest BCUT2D eigenvalue weighted by Crippen LogP contribution is 2.48. The van der Waals surface area contributed by atoms with Gasteiger partial charge in [0.1, 0.15) is 23.4 Å². The number of amides is 1. The number of hydrogen-bond acceptors (Lipinski definition) is 5. The van der Waals surface area contributed by atoms with Crippen LogP contribution >= 0.6 is 0 Å². The van der Waals surface area contributed by atoms with Crippen LogP contribution in [0.2, 0.25) is 0 Å². The molecule has 0 aliphatic carbocycles. The molecule has 290 valence electrons. The second kappa shape index (κ2) is 15.3. The van der Waals surface area contributed by atoms with Crippen molar-refractivity contribution in [2.24, 2.45) is 5.41 Å². The molecular formula is C36H37F10N3O4. The molecule has 3 aromatic rings. The van der Waals surface area contributed by atoms with Gasteiger partial charge in [-0.2, -0.15) is 39.5 Å². The highest BCUT2D eigenvalue weighted by atomic mass is 19.4. The summed E-state index contributed by atoms with van der Waals surface area (Å²) in [5.74, 6) is -3.52. The fourth-order valence-electron chi connectivity index (χ4n) is 7.29. The smallest absolute Gasteiger partial charge is 0.417 e. The fraction of sp³-hybridized carbons (Fsp3) is 0.500. The van der Waals surface area contributed by atoms with E-state index in [4.69, 9.17) is 4.74 Å². The fourth-order valence-corrected chi connectivity index (χ4v) is 7.29. The van der Waals surface area contributed by atoms with Crippen molar-refractivity contribution >= 4 is 22.6 Å². The number of piperidine rings is 2. The molecule has 0 saturated carbocycles. The van der Waals surface area contributed by atoms with Gasteiger partial charge in [-0.25, -0.2) is 9.18 Å². The number of benzene rings is 3. The van der Waals surface area contributed by atoms with Crippen molar-refractivity contribution in [1.29, 1.82) is 0 Å². The van der Waals surface area contributed by atoms with Crippen molar-refractivity contribution in [3.8, 4) is 16.9 Å². The molecule has 2 heterocycles. The normalized spacial score (nSPS) is 18.5. The molecule has 2 aliphatic heterocycles. The summed E-state index contributed by atoms with van der Waals surface area (Å²) in [5.41, 5.74) is -4.26. The van der Waals surface area contributed by atoms with Gasteiger partial charge in [0.05, 0.1) is 19.2 Å². The van der Waals surface area contributed by atoms with Gasteiger partial charge < -0.3 is 15.2 Å². The van der Waals surface area contributed by atoms with E-state index >= 15 is 0 Å². The summed E-state index contributed by atoms with van der Waals surface area (Å²) < 4.78 is 146. The standard InChI is InChI=1S/C36H37F10N3O4/c1-53-28-9-8-22(19-48-14-10-23(37)11-15-48)30(35(41,42)43)29(28)26-7-3-5-24-21(4-2-6-25(24)26)18-27(31(50)51)47-32(52)33(36(44,45)46)12-16-49(17-13-33)20-34(38,39)40/h2-9,23,27H,10-20H2,1H3,(H,47,52)(H,50,51)/t27-/m0/s1. The van der Waals surface area contributed by atoms with Gasteiger partial charge in [0.15, 0.2) is 0 Å². The first-order chi connectivity index (χ1) is 24.7. The van der Waals surface area contributed by atoms with Gasteiger partial charge in [-0.1, -0.05) is 42.5 Å². The number of ether oxygens (including phenoxy) is 1. The number of methoxy groups -OCH3 is 1. The lowest BCUT2D eigenvalue weighted by molar-refractivity contribution is -0.236. The van der Waals surface area contributed by atoms with Crippen LogP contribution in [0.15, 0.2) is 48.5 Å². The van der Waals surface area contributed by atoms with Crippen LogP contribution in [-0.4, -0.2) is 91.2 Å². The van der Waals surface area contributed by atoms with Gasteiger partial charge in [0.2, 0.25) is 5.91 Å². The number of carbonyl (C=O) groups is 2. The van der Waals surface area contributed by atoms with Crippen LogP contribution in [0, 0.1) is 5.41 Å². The van der Waals surface area contributed by atoms with Crippen molar-refractivity contribution in [3.05, 3.63) is 65.2 Å². The molecule has 0 aromatic heterocycles. The number of fused-ring (bicyclic) bond motifs is 1. The number of carboxylic acid groups (broad SMARTS) is 1. The molecule has 17 heteroatoms. The van der Waals surface area contributed by atoms with E-state index in [1.807, 2.05) is 5.32 Å². The molecule has 5 rings (SSSR count). The van der Waals surface area contributed by atoms with Crippen molar-refractivity contribution in [2.45, 2.75) is 69.4 Å². The number of halogens is 10. The third-order valence-corrected chi connectivity index (χ3v) is 10.1. The Morgan fingerprint density at radius 3 is 2.06 bits per heavy atom. The zero-order valence-corrected chi connectivity index (χ0v) is 28.4. The topological polar surface area (TPSA) is 82.1 Å². The van der Waals surface area contributed by atoms with Crippen LogP contribution in [0.5, 0.6) is 5.75 Å². The van der Waals surface area contributed by atoms with Crippen LogP contribution in [-0.2, 0) is 28.7 Å². The lowest BCUT2D eigenvalue weighted by Gasteiger charge is -2.42. The number of likely N-dealkylation sites (tertiary alicyclic amines) is 2. The predicted molar refractivity (Wildman–Crippen MR) is 174 cm³/mol. The Kier molecular flexibility index (Phi) is 11.6. The van der Waals surface area contributed by atoms with Crippen LogP contribution in [0.1, 0.15) is 42.4 Å². The first kappa shape index (κ1) is 40.1. The van der Waals surface area contributed by atoms with Crippen molar-refractivity contribution in [3.63, 3.8) is 0 Å². The summed E-state index contributed by atoms with van der Waals surface area (Å²) in [6.07, 6.45) is -18.1. The monoisotopic (exact) mass is 765 g/mol. The molecule has 53 heavy (non-hydrogen) atoms. The van der Waals surface area contributed by atoms with E-state index in [1.165, 1.54) is 55.6 Å². The van der Waals surface area contributed by atoms with Gasteiger partial charge in [0, 0.05) is 31.6 Å². The van der Waals surface area contributed by atoms with Crippen LogP contribution < -0.4 is 10.1 Å². The third-order valence-electron chi connectivity index (χ3n) is 10.1. The first-order valence-electron chi connectivity index (χ1n) is 16.8. The summed E-state index contributed by atoms with van der Waals surface area (Å²) in [6, 6.07) is 9.45. The minimum absolute atomic E-state index is 0.0652. The van der Waals surface area contributed by atoms with Gasteiger partial charge in [-0.05, 0) is 72.3 Å². The molecule has 0 bridgehead atoms. The second-order valence-electron chi connectivity index (χ2n) is 13.5. The molecule has 2 fully saturated rings. The summed E-state index contributed by atoms with van der Waals surface area (Å²) in [5, 5.41) is 12.5. The summed E-state index contributed by atoms with van der Waals surface area (Å²) >= 11 is 0. The maximum absolute atomic E-state index is 15.0.